The molecule has 3 aromatic rings. The van der Waals surface area contributed by atoms with Crippen LogP contribution < -0.4 is 15.5 Å². The highest BCUT2D eigenvalue weighted by atomic mass is 35.5. The van der Waals surface area contributed by atoms with E-state index in [2.05, 4.69) is 42.7 Å². The lowest BCUT2D eigenvalue weighted by atomic mass is 10.3. The maximum Gasteiger partial charge on any atom is 0.227 e. The van der Waals surface area contributed by atoms with Crippen LogP contribution in [0.4, 0.5) is 23.1 Å². The lowest BCUT2D eigenvalue weighted by Gasteiger charge is -2.33. The standard InChI is InChI=1S/C22H25ClN8OS/c1-30-8-10-31(11-9-30)20-13-18(25-19-12-17(23)28-29-19)26-22(27-20)33-16-6-4-15(5-7-16)24-21(32)14-2-3-14/h4-7,12-14H,2-3,8-11H2,1H3,(H,24,32)(H2,25,26,27,28,29). The van der Waals surface area contributed by atoms with E-state index in [-0.39, 0.29) is 11.8 Å². The van der Waals surface area contributed by atoms with E-state index in [0.29, 0.717) is 21.9 Å². The van der Waals surface area contributed by atoms with Crippen LogP contribution in [0.15, 0.2) is 46.5 Å². The number of hydrogen-bond donors (Lipinski definition) is 3. The summed E-state index contributed by atoms with van der Waals surface area (Å²) in [5.74, 6) is 2.49. The van der Waals surface area contributed by atoms with E-state index in [1.54, 1.807) is 6.07 Å². The first-order valence-corrected chi connectivity index (χ1v) is 12.1. The first-order chi connectivity index (χ1) is 16.0. The van der Waals surface area contributed by atoms with Crippen LogP contribution in [-0.4, -0.2) is 64.2 Å². The molecule has 0 unspecified atom stereocenters. The number of carbonyl (C=O) groups is 1. The number of nitrogens with one attached hydrogen (secondary N) is 3. The number of hydrogen-bond acceptors (Lipinski definition) is 8. The summed E-state index contributed by atoms with van der Waals surface area (Å²) in [4.78, 5) is 27.1. The van der Waals surface area contributed by atoms with Crippen molar-refractivity contribution < 1.29 is 4.79 Å². The first kappa shape index (κ1) is 22.0. The van der Waals surface area contributed by atoms with Gasteiger partial charge in [0, 0.05) is 54.8 Å². The monoisotopic (exact) mass is 484 g/mol. The molecule has 9 nitrogen and oxygen atoms in total. The highest BCUT2D eigenvalue weighted by Gasteiger charge is 2.29. The van der Waals surface area contributed by atoms with Crippen molar-refractivity contribution in [3.8, 4) is 0 Å². The van der Waals surface area contributed by atoms with Gasteiger partial charge >= 0.3 is 0 Å². The summed E-state index contributed by atoms with van der Waals surface area (Å²) in [5.41, 5.74) is 0.807. The van der Waals surface area contributed by atoms with Gasteiger partial charge in [-0.3, -0.25) is 9.89 Å². The van der Waals surface area contributed by atoms with Crippen LogP contribution in [0.1, 0.15) is 12.8 Å². The highest BCUT2D eigenvalue weighted by Crippen LogP contribution is 2.32. The Morgan fingerprint density at radius 3 is 2.55 bits per heavy atom. The molecule has 5 rings (SSSR count). The minimum absolute atomic E-state index is 0.105. The summed E-state index contributed by atoms with van der Waals surface area (Å²) < 4.78 is 0. The van der Waals surface area contributed by atoms with Crippen molar-refractivity contribution in [3.05, 3.63) is 41.6 Å². The maximum atomic E-state index is 12.0. The fourth-order valence-corrected chi connectivity index (χ4v) is 4.44. The molecule has 3 heterocycles. The predicted molar refractivity (Wildman–Crippen MR) is 131 cm³/mol. The average Bonchev–Trinajstić information content (AvgIpc) is 3.58. The summed E-state index contributed by atoms with van der Waals surface area (Å²) in [7, 11) is 2.13. The van der Waals surface area contributed by atoms with E-state index in [1.165, 1.54) is 11.8 Å². The quantitative estimate of drug-likeness (QED) is 0.435. The molecule has 1 saturated heterocycles. The fraction of sp³-hybridized carbons (Fsp3) is 0.364. The molecule has 33 heavy (non-hydrogen) atoms. The van der Waals surface area contributed by atoms with Gasteiger partial charge in [0.25, 0.3) is 0 Å². The van der Waals surface area contributed by atoms with Crippen LogP contribution in [0.2, 0.25) is 5.15 Å². The second-order valence-corrected chi connectivity index (χ2v) is 9.73. The molecule has 3 N–H and O–H groups in total. The lowest BCUT2D eigenvalue weighted by Crippen LogP contribution is -2.44. The van der Waals surface area contributed by atoms with Gasteiger partial charge in [-0.1, -0.05) is 11.6 Å². The molecule has 1 aliphatic carbocycles. The number of likely N-dealkylation sites (N-methyl/N-ethyl adjacent to an activating group) is 1. The molecule has 2 aliphatic rings. The van der Waals surface area contributed by atoms with Gasteiger partial charge in [0.2, 0.25) is 5.91 Å². The molecule has 11 heteroatoms. The van der Waals surface area contributed by atoms with E-state index in [1.807, 2.05) is 30.3 Å². The van der Waals surface area contributed by atoms with Gasteiger partial charge in [0.15, 0.2) is 10.3 Å². The Kier molecular flexibility index (Phi) is 6.39. The third-order valence-electron chi connectivity index (χ3n) is 5.61. The number of carbonyl (C=O) groups excluding carboxylic acids is 1. The Morgan fingerprint density at radius 1 is 1.12 bits per heavy atom. The van der Waals surface area contributed by atoms with Gasteiger partial charge in [-0.2, -0.15) is 5.10 Å². The molecule has 1 saturated carbocycles. The number of aromatic amines is 1. The number of amides is 1. The second kappa shape index (κ2) is 9.58. The van der Waals surface area contributed by atoms with E-state index in [9.17, 15) is 4.79 Å². The molecule has 0 atom stereocenters. The summed E-state index contributed by atoms with van der Waals surface area (Å²) in [5, 5.41) is 14.0. The van der Waals surface area contributed by atoms with Crippen molar-refractivity contribution in [2.24, 2.45) is 5.92 Å². The zero-order chi connectivity index (χ0) is 22.8. The molecule has 1 aromatic carbocycles. The Morgan fingerprint density at radius 2 is 1.88 bits per heavy atom. The van der Waals surface area contributed by atoms with Gasteiger partial charge in [-0.25, -0.2) is 9.97 Å². The number of nitrogens with zero attached hydrogens (tertiary/aromatic N) is 5. The van der Waals surface area contributed by atoms with Gasteiger partial charge < -0.3 is 20.4 Å². The number of aromatic nitrogens is 4. The molecule has 2 aromatic heterocycles. The Hall–Kier alpha value is -2.82. The number of halogens is 1. The molecule has 172 valence electrons. The van der Waals surface area contributed by atoms with Crippen LogP contribution >= 0.6 is 23.4 Å². The predicted octanol–water partition coefficient (Wildman–Crippen LogP) is 3.85. The molecule has 1 aliphatic heterocycles. The van der Waals surface area contributed by atoms with Crippen molar-refractivity contribution in [1.29, 1.82) is 0 Å². The SMILES string of the molecule is CN1CCN(c2cc(Nc3cc(Cl)n[nH]3)nc(Sc3ccc(NC(=O)C4CC4)cc3)n2)CC1. The molecular formula is C22H25ClN8OS. The van der Waals surface area contributed by atoms with Crippen molar-refractivity contribution in [3.63, 3.8) is 0 Å². The first-order valence-electron chi connectivity index (χ1n) is 10.9. The zero-order valence-corrected chi connectivity index (χ0v) is 19.8. The van der Waals surface area contributed by atoms with E-state index in [4.69, 9.17) is 16.6 Å². The van der Waals surface area contributed by atoms with Crippen LogP contribution in [-0.2, 0) is 4.79 Å². The number of rotatable bonds is 7. The van der Waals surface area contributed by atoms with Gasteiger partial charge in [0.1, 0.15) is 17.5 Å². The van der Waals surface area contributed by atoms with Gasteiger partial charge in [0.05, 0.1) is 0 Å². The number of benzene rings is 1. The summed E-state index contributed by atoms with van der Waals surface area (Å²) in [6.07, 6.45) is 1.98. The van der Waals surface area contributed by atoms with Crippen molar-refractivity contribution in [2.75, 3.05) is 48.8 Å². The van der Waals surface area contributed by atoms with Gasteiger partial charge in [-0.15, -0.1) is 0 Å². The summed E-state index contributed by atoms with van der Waals surface area (Å²) in [6.45, 7) is 3.78. The second-order valence-electron chi connectivity index (χ2n) is 8.30. The van der Waals surface area contributed by atoms with Gasteiger partial charge in [-0.05, 0) is 55.9 Å². The van der Waals surface area contributed by atoms with E-state index >= 15 is 0 Å². The average molecular weight is 485 g/mol. The van der Waals surface area contributed by atoms with E-state index < -0.39 is 0 Å². The Bertz CT molecular complexity index is 1130. The molecule has 0 spiro atoms. The normalized spacial score (nSPS) is 16.6. The lowest BCUT2D eigenvalue weighted by molar-refractivity contribution is -0.117. The number of piperazine rings is 1. The highest BCUT2D eigenvalue weighted by molar-refractivity contribution is 7.99. The summed E-state index contributed by atoms with van der Waals surface area (Å²) in [6, 6.07) is 11.4. The van der Waals surface area contributed by atoms with E-state index in [0.717, 1.165) is 55.4 Å². The topological polar surface area (TPSA) is 102 Å². The zero-order valence-electron chi connectivity index (χ0n) is 18.2. The molecular weight excluding hydrogens is 460 g/mol. The Labute approximate surface area is 201 Å². The Balaban J connectivity index is 1.35. The molecule has 0 radical (unpaired) electrons. The van der Waals surface area contributed by atoms with Crippen molar-refractivity contribution in [2.45, 2.75) is 22.9 Å². The van der Waals surface area contributed by atoms with Crippen LogP contribution in [0.3, 0.4) is 0 Å². The molecule has 1 amide bonds. The largest absolute Gasteiger partial charge is 0.354 e. The summed E-state index contributed by atoms with van der Waals surface area (Å²) >= 11 is 7.42. The van der Waals surface area contributed by atoms with Crippen LogP contribution in [0.5, 0.6) is 0 Å². The van der Waals surface area contributed by atoms with Crippen molar-refractivity contribution >= 4 is 52.4 Å². The minimum atomic E-state index is 0.105. The molecule has 0 bridgehead atoms. The minimum Gasteiger partial charge on any atom is -0.354 e. The smallest absolute Gasteiger partial charge is 0.227 e. The third kappa shape index (κ3) is 5.76. The van der Waals surface area contributed by atoms with Crippen molar-refractivity contribution in [1.82, 2.24) is 25.1 Å². The van der Waals surface area contributed by atoms with Crippen LogP contribution in [0.25, 0.3) is 0 Å². The fourth-order valence-electron chi connectivity index (χ4n) is 3.52. The number of anilines is 4. The maximum absolute atomic E-state index is 12.0. The third-order valence-corrected chi connectivity index (χ3v) is 6.67. The molecule has 2 fully saturated rings. The van der Waals surface area contributed by atoms with Crippen LogP contribution in [0, 0.1) is 5.92 Å². The number of H-pyrrole nitrogens is 1.